The smallest absolute Gasteiger partial charge is 0.203 e. The van der Waals surface area contributed by atoms with Crippen LogP contribution in [-0.2, 0) is 0 Å². The van der Waals surface area contributed by atoms with E-state index in [1.54, 1.807) is 0 Å². The third kappa shape index (κ3) is 1.59. The Kier molecular flexibility index (Phi) is 3.00. The molecule has 0 bridgehead atoms. The number of hydrogen-bond donors (Lipinski definition) is 0. The first kappa shape index (κ1) is 8.78. The van der Waals surface area contributed by atoms with Crippen LogP contribution in [0.5, 0.6) is 0 Å². The molecule has 0 aliphatic heterocycles. The number of halogens is 4. The number of thiophene rings is 1. The van der Waals surface area contributed by atoms with Gasteiger partial charge in [-0.15, -0.1) is 23.7 Å². The number of hydrogen-bond acceptors (Lipinski definition) is 1. The van der Waals surface area contributed by atoms with E-state index in [0.29, 0.717) is 11.3 Å². The third-order valence-corrected chi connectivity index (χ3v) is 1.36. The van der Waals surface area contributed by atoms with Crippen LogP contribution in [0.25, 0.3) is 0 Å². The van der Waals surface area contributed by atoms with Gasteiger partial charge in [0.05, 0.1) is 0 Å². The van der Waals surface area contributed by atoms with Crippen molar-refractivity contribution >= 4 is 23.7 Å². The van der Waals surface area contributed by atoms with Crippen LogP contribution in [0, 0.1) is 16.8 Å². The summed E-state index contributed by atoms with van der Waals surface area (Å²) in [4.78, 5) is 0. The van der Waals surface area contributed by atoms with E-state index in [1.807, 2.05) is 0 Å². The van der Waals surface area contributed by atoms with Gasteiger partial charge in [0, 0.05) is 5.38 Å². The van der Waals surface area contributed by atoms with Crippen molar-refractivity contribution in [2.75, 3.05) is 0 Å². The highest BCUT2D eigenvalue weighted by Gasteiger charge is 2.08. The highest BCUT2D eigenvalue weighted by Crippen LogP contribution is 2.16. The van der Waals surface area contributed by atoms with Crippen LogP contribution in [0.3, 0.4) is 0 Å². The zero-order valence-corrected chi connectivity index (χ0v) is 5.66. The topological polar surface area (TPSA) is 0 Å². The lowest BCUT2D eigenvalue weighted by Gasteiger charge is -1.74. The molecule has 1 heterocycles. The summed E-state index contributed by atoms with van der Waals surface area (Å²) in [6.45, 7) is 0. The molecule has 1 aromatic rings. The fraction of sp³-hybridized carbons (Fsp3) is 0. The third-order valence-electron chi connectivity index (χ3n) is 0.648. The van der Waals surface area contributed by atoms with E-state index < -0.39 is 16.8 Å². The summed E-state index contributed by atoms with van der Waals surface area (Å²) in [5.74, 6) is -2.50. The molecule has 0 aliphatic carbocycles. The molecule has 1 rings (SSSR count). The highest BCUT2D eigenvalue weighted by atomic mass is 35.5. The molecule has 0 saturated heterocycles. The molecule has 0 spiro atoms. The van der Waals surface area contributed by atoms with Crippen LogP contribution in [0.2, 0.25) is 0 Å². The molecule has 0 atom stereocenters. The van der Waals surface area contributed by atoms with Crippen molar-refractivity contribution in [1.29, 1.82) is 0 Å². The van der Waals surface area contributed by atoms with Crippen molar-refractivity contribution in [3.8, 4) is 0 Å². The first-order valence-corrected chi connectivity index (χ1v) is 2.68. The molecule has 0 aromatic carbocycles. The Morgan fingerprint density at radius 3 is 1.89 bits per heavy atom. The van der Waals surface area contributed by atoms with Crippen LogP contribution < -0.4 is 0 Å². The summed E-state index contributed by atoms with van der Waals surface area (Å²) >= 11 is 0.414. The van der Waals surface area contributed by atoms with Gasteiger partial charge in [-0.3, -0.25) is 0 Å². The van der Waals surface area contributed by atoms with Gasteiger partial charge >= 0.3 is 0 Å². The zero-order chi connectivity index (χ0) is 6.15. The molecule has 0 unspecified atom stereocenters. The van der Waals surface area contributed by atoms with Gasteiger partial charge in [0.2, 0.25) is 10.9 Å². The lowest BCUT2D eigenvalue weighted by Crippen LogP contribution is -1.74. The number of rotatable bonds is 0. The van der Waals surface area contributed by atoms with Crippen LogP contribution in [0.15, 0.2) is 5.38 Å². The van der Waals surface area contributed by atoms with E-state index >= 15 is 0 Å². The van der Waals surface area contributed by atoms with Crippen LogP contribution >= 0.6 is 23.7 Å². The first-order chi connectivity index (χ1) is 3.72. The molecule has 0 amide bonds. The Hall–Kier alpha value is -0.220. The molecular formula is C4H2ClF3S. The molecule has 0 aliphatic rings. The van der Waals surface area contributed by atoms with Gasteiger partial charge in [-0.2, -0.15) is 8.78 Å². The van der Waals surface area contributed by atoms with E-state index in [0.717, 1.165) is 5.38 Å². The van der Waals surface area contributed by atoms with Gasteiger partial charge in [0.1, 0.15) is 0 Å². The zero-order valence-electron chi connectivity index (χ0n) is 4.03. The molecule has 0 saturated carbocycles. The maximum Gasteiger partial charge on any atom is 0.215 e. The molecule has 0 N–H and O–H groups in total. The minimum absolute atomic E-state index is 0. The summed E-state index contributed by atoms with van der Waals surface area (Å²) in [6, 6.07) is 0. The summed E-state index contributed by atoms with van der Waals surface area (Å²) in [6.07, 6.45) is 0. The Labute approximate surface area is 59.7 Å². The van der Waals surface area contributed by atoms with Crippen molar-refractivity contribution < 1.29 is 13.2 Å². The predicted molar refractivity (Wildman–Crippen MR) is 31.4 cm³/mol. The monoisotopic (exact) mass is 174 g/mol. The van der Waals surface area contributed by atoms with Gasteiger partial charge in [0.15, 0.2) is 5.82 Å². The first-order valence-electron chi connectivity index (χ1n) is 1.80. The van der Waals surface area contributed by atoms with E-state index in [4.69, 9.17) is 0 Å². The van der Waals surface area contributed by atoms with Crippen molar-refractivity contribution in [3.63, 3.8) is 0 Å². The summed E-state index contributed by atoms with van der Waals surface area (Å²) in [5.41, 5.74) is 0. The summed E-state index contributed by atoms with van der Waals surface area (Å²) < 4.78 is 35.2. The molecule has 0 fully saturated rings. The maximum atomic E-state index is 11.8. The second kappa shape index (κ2) is 3.08. The largest absolute Gasteiger partial charge is 0.215 e. The van der Waals surface area contributed by atoms with Crippen LogP contribution in [-0.4, -0.2) is 0 Å². The Morgan fingerprint density at radius 1 is 1.22 bits per heavy atom. The van der Waals surface area contributed by atoms with Gasteiger partial charge < -0.3 is 0 Å². The maximum absolute atomic E-state index is 11.8. The standard InChI is InChI=1S/C4HF3S.ClH/c5-2-1-8-4(7)3(2)6;/h1H;1H. The van der Waals surface area contributed by atoms with Crippen molar-refractivity contribution in [2.45, 2.75) is 0 Å². The normalized spacial score (nSPS) is 8.78. The van der Waals surface area contributed by atoms with Crippen LogP contribution in [0.1, 0.15) is 0 Å². The molecule has 9 heavy (non-hydrogen) atoms. The fourth-order valence-corrected chi connectivity index (χ4v) is 0.812. The second-order valence-electron chi connectivity index (χ2n) is 1.17. The second-order valence-corrected chi connectivity index (χ2v) is 2.00. The Balaban J connectivity index is 0.000000640. The highest BCUT2D eigenvalue weighted by molar-refractivity contribution is 7.08. The molecule has 0 radical (unpaired) electrons. The van der Waals surface area contributed by atoms with E-state index in [9.17, 15) is 13.2 Å². The molecule has 5 heteroatoms. The van der Waals surface area contributed by atoms with Crippen molar-refractivity contribution in [3.05, 3.63) is 22.1 Å². The molecule has 0 nitrogen and oxygen atoms in total. The van der Waals surface area contributed by atoms with Gasteiger partial charge in [0.25, 0.3) is 0 Å². The average Bonchev–Trinajstić information content (AvgIpc) is 1.98. The van der Waals surface area contributed by atoms with E-state index in [2.05, 4.69) is 0 Å². The SMILES string of the molecule is Cl.Fc1csc(F)c1F. The van der Waals surface area contributed by atoms with Crippen molar-refractivity contribution in [2.24, 2.45) is 0 Å². The van der Waals surface area contributed by atoms with Gasteiger partial charge in [-0.05, 0) is 0 Å². The quantitative estimate of drug-likeness (QED) is 0.567. The molecule has 1 aromatic heterocycles. The fourth-order valence-electron chi connectivity index (χ4n) is 0.301. The lowest BCUT2D eigenvalue weighted by atomic mass is 10.6. The van der Waals surface area contributed by atoms with Crippen molar-refractivity contribution in [1.82, 2.24) is 0 Å². The van der Waals surface area contributed by atoms with Gasteiger partial charge in [-0.25, -0.2) is 4.39 Å². The molecular weight excluding hydrogens is 173 g/mol. The Morgan fingerprint density at radius 2 is 1.78 bits per heavy atom. The van der Waals surface area contributed by atoms with E-state index in [-0.39, 0.29) is 12.4 Å². The van der Waals surface area contributed by atoms with Crippen LogP contribution in [0.4, 0.5) is 13.2 Å². The summed E-state index contributed by atoms with van der Waals surface area (Å²) in [5, 5.41) is -0.312. The summed E-state index contributed by atoms with van der Waals surface area (Å²) in [7, 11) is 0. The lowest BCUT2D eigenvalue weighted by molar-refractivity contribution is 0.467. The predicted octanol–water partition coefficient (Wildman–Crippen LogP) is 2.59. The Bertz CT molecular complexity index is 178. The minimum Gasteiger partial charge on any atom is -0.203 e. The van der Waals surface area contributed by atoms with Gasteiger partial charge in [-0.1, -0.05) is 0 Å². The average molecular weight is 175 g/mol. The minimum atomic E-state index is -1.38. The van der Waals surface area contributed by atoms with E-state index in [1.165, 1.54) is 0 Å². The molecule has 52 valence electrons.